The molecule has 0 amide bonds. The van der Waals surface area contributed by atoms with Gasteiger partial charge < -0.3 is 10.4 Å². The Labute approximate surface area is 98.5 Å². The van der Waals surface area contributed by atoms with E-state index in [-0.39, 0.29) is 12.6 Å². The van der Waals surface area contributed by atoms with Crippen LogP contribution < -0.4 is 5.32 Å². The van der Waals surface area contributed by atoms with Crippen LogP contribution in [0.25, 0.3) is 0 Å². The maximum Gasteiger partial charge on any atom is 0.416 e. The van der Waals surface area contributed by atoms with E-state index in [4.69, 9.17) is 0 Å². The lowest BCUT2D eigenvalue weighted by atomic mass is 10.0. The lowest BCUT2D eigenvalue weighted by molar-refractivity contribution is -0.137. The summed E-state index contributed by atoms with van der Waals surface area (Å²) in [5, 5.41) is 12.2. The van der Waals surface area contributed by atoms with Crippen molar-refractivity contribution in [2.75, 3.05) is 6.61 Å². The summed E-state index contributed by atoms with van der Waals surface area (Å²) in [7, 11) is 0. The van der Waals surface area contributed by atoms with Crippen molar-refractivity contribution in [3.05, 3.63) is 35.4 Å². The SMILES string of the molecule is CC(C)N[C@H](CO)c1cccc(C(F)(F)F)c1. The molecule has 96 valence electrons. The quantitative estimate of drug-likeness (QED) is 0.857. The molecule has 2 nitrogen and oxygen atoms in total. The molecule has 0 aliphatic rings. The second-order valence-corrected chi connectivity index (χ2v) is 4.18. The molecular weight excluding hydrogens is 231 g/mol. The number of rotatable bonds is 4. The second kappa shape index (κ2) is 5.51. The van der Waals surface area contributed by atoms with Crippen molar-refractivity contribution in [1.82, 2.24) is 5.32 Å². The lowest BCUT2D eigenvalue weighted by Gasteiger charge is -2.20. The van der Waals surface area contributed by atoms with Crippen LogP contribution in [0, 0.1) is 0 Å². The molecule has 0 saturated carbocycles. The van der Waals surface area contributed by atoms with Crippen molar-refractivity contribution in [2.45, 2.75) is 32.1 Å². The van der Waals surface area contributed by atoms with Crippen LogP contribution in [0.4, 0.5) is 13.2 Å². The monoisotopic (exact) mass is 247 g/mol. The summed E-state index contributed by atoms with van der Waals surface area (Å²) >= 11 is 0. The summed E-state index contributed by atoms with van der Waals surface area (Å²) in [6, 6.07) is 4.62. The standard InChI is InChI=1S/C12H16F3NO/c1-8(2)16-11(7-17)9-4-3-5-10(6-9)12(13,14)15/h3-6,8,11,16-17H,7H2,1-2H3/t11-/m1/s1. The number of aliphatic hydroxyl groups is 1. The lowest BCUT2D eigenvalue weighted by Crippen LogP contribution is -2.30. The predicted octanol–water partition coefficient (Wildman–Crippen LogP) is 2.74. The zero-order valence-electron chi connectivity index (χ0n) is 9.75. The Bertz CT molecular complexity index is 363. The van der Waals surface area contributed by atoms with E-state index in [2.05, 4.69) is 5.32 Å². The average molecular weight is 247 g/mol. The maximum absolute atomic E-state index is 12.5. The number of hydrogen-bond acceptors (Lipinski definition) is 2. The highest BCUT2D eigenvalue weighted by Gasteiger charge is 2.30. The third-order valence-electron chi connectivity index (χ3n) is 2.33. The Morgan fingerprint density at radius 2 is 1.94 bits per heavy atom. The molecule has 1 atom stereocenters. The van der Waals surface area contributed by atoms with Gasteiger partial charge in [-0.1, -0.05) is 26.0 Å². The van der Waals surface area contributed by atoms with Gasteiger partial charge in [0.15, 0.2) is 0 Å². The predicted molar refractivity (Wildman–Crippen MR) is 59.5 cm³/mol. The molecule has 1 aromatic rings. The van der Waals surface area contributed by atoms with Crippen LogP contribution in [0.2, 0.25) is 0 Å². The normalized spacial score (nSPS) is 14.1. The van der Waals surface area contributed by atoms with E-state index in [1.807, 2.05) is 13.8 Å². The smallest absolute Gasteiger partial charge is 0.394 e. The number of aliphatic hydroxyl groups excluding tert-OH is 1. The van der Waals surface area contributed by atoms with Gasteiger partial charge in [-0.05, 0) is 17.7 Å². The van der Waals surface area contributed by atoms with Crippen molar-refractivity contribution >= 4 is 0 Å². The Balaban J connectivity index is 2.97. The van der Waals surface area contributed by atoms with Crippen molar-refractivity contribution in [3.63, 3.8) is 0 Å². The van der Waals surface area contributed by atoms with E-state index >= 15 is 0 Å². The average Bonchev–Trinajstić information content (AvgIpc) is 2.24. The van der Waals surface area contributed by atoms with Crippen LogP contribution in [0.1, 0.15) is 31.0 Å². The summed E-state index contributed by atoms with van der Waals surface area (Å²) in [4.78, 5) is 0. The number of nitrogens with one attached hydrogen (secondary N) is 1. The van der Waals surface area contributed by atoms with Crippen LogP contribution >= 0.6 is 0 Å². The first-order valence-electron chi connectivity index (χ1n) is 5.38. The highest BCUT2D eigenvalue weighted by atomic mass is 19.4. The van der Waals surface area contributed by atoms with Gasteiger partial charge in [-0.25, -0.2) is 0 Å². The van der Waals surface area contributed by atoms with Gasteiger partial charge >= 0.3 is 6.18 Å². The van der Waals surface area contributed by atoms with Gasteiger partial charge in [-0.3, -0.25) is 0 Å². The Hall–Kier alpha value is -1.07. The fourth-order valence-corrected chi connectivity index (χ4v) is 1.59. The van der Waals surface area contributed by atoms with Crippen molar-refractivity contribution in [2.24, 2.45) is 0 Å². The van der Waals surface area contributed by atoms with Gasteiger partial charge in [-0.15, -0.1) is 0 Å². The number of alkyl halides is 3. The topological polar surface area (TPSA) is 32.3 Å². The minimum atomic E-state index is -4.35. The van der Waals surface area contributed by atoms with E-state index in [0.717, 1.165) is 12.1 Å². The fraction of sp³-hybridized carbons (Fsp3) is 0.500. The summed E-state index contributed by atoms with van der Waals surface area (Å²) in [5.74, 6) is 0. The first kappa shape index (κ1) is 14.0. The Kier molecular flexibility index (Phi) is 4.54. The Morgan fingerprint density at radius 3 is 2.41 bits per heavy atom. The zero-order valence-corrected chi connectivity index (χ0v) is 9.75. The third-order valence-corrected chi connectivity index (χ3v) is 2.33. The third kappa shape index (κ3) is 4.02. The summed E-state index contributed by atoms with van der Waals surface area (Å²) in [5.41, 5.74) is -0.255. The summed E-state index contributed by atoms with van der Waals surface area (Å²) in [6.45, 7) is 3.51. The molecule has 0 fully saturated rings. The second-order valence-electron chi connectivity index (χ2n) is 4.18. The van der Waals surface area contributed by atoms with Crippen LogP contribution in [0.5, 0.6) is 0 Å². The molecule has 0 spiro atoms. The highest BCUT2D eigenvalue weighted by molar-refractivity contribution is 5.28. The number of benzene rings is 1. The molecule has 0 bridgehead atoms. The molecule has 0 aliphatic carbocycles. The molecule has 0 heterocycles. The van der Waals surface area contributed by atoms with Crippen LogP contribution in [-0.2, 0) is 6.18 Å². The molecule has 17 heavy (non-hydrogen) atoms. The number of hydrogen-bond donors (Lipinski definition) is 2. The van der Waals surface area contributed by atoms with Gasteiger partial charge in [0, 0.05) is 6.04 Å². The molecule has 0 unspecified atom stereocenters. The molecule has 1 aromatic carbocycles. The van der Waals surface area contributed by atoms with Crippen LogP contribution in [0.3, 0.4) is 0 Å². The van der Waals surface area contributed by atoms with Gasteiger partial charge in [0.25, 0.3) is 0 Å². The van der Waals surface area contributed by atoms with E-state index in [1.165, 1.54) is 6.07 Å². The van der Waals surface area contributed by atoms with Crippen molar-refractivity contribution in [1.29, 1.82) is 0 Å². The Morgan fingerprint density at radius 1 is 1.29 bits per heavy atom. The minimum Gasteiger partial charge on any atom is -0.394 e. The maximum atomic E-state index is 12.5. The van der Waals surface area contributed by atoms with Crippen LogP contribution in [0.15, 0.2) is 24.3 Å². The molecule has 2 N–H and O–H groups in total. The highest BCUT2D eigenvalue weighted by Crippen LogP contribution is 2.30. The molecule has 1 rings (SSSR count). The minimum absolute atomic E-state index is 0.0849. The van der Waals surface area contributed by atoms with Gasteiger partial charge in [0.2, 0.25) is 0 Å². The van der Waals surface area contributed by atoms with Gasteiger partial charge in [-0.2, -0.15) is 13.2 Å². The zero-order chi connectivity index (χ0) is 13.1. The summed E-state index contributed by atoms with van der Waals surface area (Å²) < 4.78 is 37.5. The van der Waals surface area contributed by atoms with Crippen molar-refractivity contribution in [3.8, 4) is 0 Å². The fourth-order valence-electron chi connectivity index (χ4n) is 1.59. The molecular formula is C12H16F3NO. The first-order chi connectivity index (χ1) is 7.84. The first-order valence-corrected chi connectivity index (χ1v) is 5.38. The summed E-state index contributed by atoms with van der Waals surface area (Å²) in [6.07, 6.45) is -4.35. The molecule has 0 saturated heterocycles. The van der Waals surface area contributed by atoms with E-state index in [0.29, 0.717) is 5.56 Å². The van der Waals surface area contributed by atoms with Crippen molar-refractivity contribution < 1.29 is 18.3 Å². The molecule has 0 aromatic heterocycles. The van der Waals surface area contributed by atoms with E-state index < -0.39 is 17.8 Å². The van der Waals surface area contributed by atoms with E-state index in [9.17, 15) is 18.3 Å². The molecule has 5 heteroatoms. The van der Waals surface area contributed by atoms with E-state index in [1.54, 1.807) is 6.07 Å². The van der Waals surface area contributed by atoms with Gasteiger partial charge in [0.1, 0.15) is 0 Å². The molecule has 0 aliphatic heterocycles. The number of halogens is 3. The largest absolute Gasteiger partial charge is 0.416 e. The van der Waals surface area contributed by atoms with Gasteiger partial charge in [0.05, 0.1) is 18.2 Å². The van der Waals surface area contributed by atoms with Crippen LogP contribution in [-0.4, -0.2) is 17.8 Å². The molecule has 0 radical (unpaired) electrons.